The second-order valence-corrected chi connectivity index (χ2v) is 21.9. The molecule has 0 N–H and O–H groups in total. The van der Waals surface area contributed by atoms with Gasteiger partial charge >= 0.3 is 17.6 Å². The minimum absolute atomic E-state index is 0. The number of quaternary nitrogens is 1. The monoisotopic (exact) mass is 1560 g/mol. The zero-order valence-corrected chi connectivity index (χ0v) is 58.6. The number of nitrogens with zero attached hydrogens (tertiary/aromatic N) is 5. The van der Waals surface area contributed by atoms with Crippen molar-refractivity contribution in [3.63, 3.8) is 0 Å². The molecular formula is C80H83Cu2F8N5O9S. The Hall–Kier alpha value is -10.9. The van der Waals surface area contributed by atoms with Crippen LogP contribution in [0.4, 0.5) is 40.8 Å². The normalized spacial score (nSPS) is 9.18. The molecule has 10 aromatic rings. The first kappa shape index (κ1) is 103. The summed E-state index contributed by atoms with van der Waals surface area (Å²) < 4.78 is 130. The molecule has 2 radical (unpaired) electrons. The molecule has 2 heterocycles. The molecule has 10 rings (SSSR count). The van der Waals surface area contributed by atoms with E-state index in [9.17, 15) is 55.1 Å². The van der Waals surface area contributed by atoms with Crippen LogP contribution in [-0.2, 0) is 50.7 Å². The van der Waals surface area contributed by atoms with Gasteiger partial charge in [0.2, 0.25) is 0 Å². The predicted octanol–water partition coefficient (Wildman–Crippen LogP) is 20.8. The summed E-state index contributed by atoms with van der Waals surface area (Å²) in [7, 11) is 0.189. The van der Waals surface area contributed by atoms with Crippen molar-refractivity contribution >= 4 is 28.4 Å². The van der Waals surface area contributed by atoms with E-state index in [1.54, 1.807) is 24.3 Å². The summed E-state index contributed by atoms with van der Waals surface area (Å²) in [5.41, 5.74) is 5.60. The number of halogens is 8. The van der Waals surface area contributed by atoms with E-state index < -0.39 is 29.0 Å². The fourth-order valence-electron chi connectivity index (χ4n) is 7.05. The third kappa shape index (κ3) is 45.0. The number of benzene rings is 8. The largest absolute Gasteiger partial charge is 0.741 e. The molecule has 0 bridgehead atoms. The first-order valence-corrected chi connectivity index (χ1v) is 31.0. The van der Waals surface area contributed by atoms with Crippen molar-refractivity contribution in [1.82, 2.24) is 14.8 Å². The molecule has 2 aromatic heterocycles. The van der Waals surface area contributed by atoms with Crippen LogP contribution in [-0.4, -0.2) is 75.9 Å². The topological polar surface area (TPSA) is 198 Å². The van der Waals surface area contributed by atoms with E-state index in [1.807, 2.05) is 147 Å². The summed E-state index contributed by atoms with van der Waals surface area (Å²) in [6.45, 7) is 5.33. The maximum atomic E-state index is 12.8. The van der Waals surface area contributed by atoms with E-state index in [0.717, 1.165) is 68.2 Å². The van der Waals surface area contributed by atoms with Crippen LogP contribution in [0.25, 0.3) is 43.9 Å². The molecule has 8 aromatic carbocycles. The van der Waals surface area contributed by atoms with Gasteiger partial charge in [-0.3, -0.25) is 22.9 Å². The first-order valence-electron chi connectivity index (χ1n) is 29.6. The maximum absolute atomic E-state index is 12.8. The number of hydrogen-bond donors (Lipinski definition) is 0. The number of carbonyl (C=O) groups excluding carboxylic acids is 2. The molecular weight excluding hydrogens is 1480 g/mol. The van der Waals surface area contributed by atoms with Crippen LogP contribution >= 0.6 is 0 Å². The van der Waals surface area contributed by atoms with Crippen molar-refractivity contribution in [1.29, 1.82) is 0 Å². The van der Waals surface area contributed by atoms with Gasteiger partial charge in [-0.2, -0.15) is 13.2 Å². The van der Waals surface area contributed by atoms with Crippen molar-refractivity contribution in [3.05, 3.63) is 301 Å². The molecule has 25 heteroatoms. The van der Waals surface area contributed by atoms with Gasteiger partial charge in [0.1, 0.15) is 70.7 Å². The third-order valence-corrected chi connectivity index (χ3v) is 12.5. The predicted molar refractivity (Wildman–Crippen MR) is 397 cm³/mol. The Morgan fingerprint density at radius 2 is 0.933 bits per heavy atom. The second-order valence-electron chi connectivity index (χ2n) is 20.5. The number of hydrogen-bond acceptors (Lipinski definition) is 11. The quantitative estimate of drug-likeness (QED) is 0.0184. The maximum Gasteiger partial charge on any atom is 0.485 e. The van der Waals surface area contributed by atoms with Crippen molar-refractivity contribution < 1.29 is 101 Å². The van der Waals surface area contributed by atoms with Crippen LogP contribution in [0.1, 0.15) is 103 Å². The standard InChI is InChI=1S/C15H10FNO.C13H14FNO.C10H14NO.C8H6.C7H4FNO.C7H5FO.C7H5NO.C5H8.C4H5F.CHF3O3S.3CH4.2Cu/c16-13-8-6-11(7-9-13)14-10-15(18-17-14)12-4-2-1-3-5-12;1-9-4-3-5-10(2)13(9)12-8-11(6-7-14)16-15-12;1-11(2,3)10-6-4-9(8-12)5-7-10;1-2-8-6-4-3-5-7-8;8-7-3-1-6(2-4-7)5-9-10;8-7-3-1-6(5-9)2-4-7;9-8-6-7-4-2-1-3-5-7;1-3-5-4-2;1-2-3-4-5;2-1(3,4)8(5,6)7;;;;;/h1-10H;3-5,8H,6-7H2,1-2H3;4-8H,1-3H3;1,3-7H;1-4H;2*1-5H;1H,4-5H2,2H3;1H,3-4H2;(H,5,6,7);3*1H4;;/q;;+1;;;;;;;;;;;;/p-1/i16-1;14-1;;;2*8-1;;;5-1;;;;;;. The van der Waals surface area contributed by atoms with E-state index in [-0.39, 0.29) is 86.7 Å². The molecule has 0 unspecified atom stereocenters. The van der Waals surface area contributed by atoms with E-state index in [2.05, 4.69) is 84.7 Å². The summed E-state index contributed by atoms with van der Waals surface area (Å²) in [4.78, 5) is 20.4. The smallest absolute Gasteiger partial charge is 0.485 e. The van der Waals surface area contributed by atoms with Crippen molar-refractivity contribution in [3.8, 4) is 83.0 Å². The van der Waals surface area contributed by atoms with Gasteiger partial charge in [0, 0.05) is 109 Å². The van der Waals surface area contributed by atoms with E-state index >= 15 is 0 Å². The Balaban J connectivity index is -0.000000359. The van der Waals surface area contributed by atoms with Crippen LogP contribution in [0.2, 0.25) is 0 Å². The van der Waals surface area contributed by atoms with Gasteiger partial charge in [0.15, 0.2) is 15.9 Å². The molecule has 0 aliphatic rings. The molecule has 0 atom stereocenters. The second kappa shape index (κ2) is 58.6. The molecule has 105 heavy (non-hydrogen) atoms. The van der Waals surface area contributed by atoms with Gasteiger partial charge in [0.05, 0.1) is 27.8 Å². The van der Waals surface area contributed by atoms with Gasteiger partial charge in [0.25, 0.3) is 0 Å². The number of terminal acetylenes is 3. The molecule has 566 valence electrons. The first-order chi connectivity index (χ1) is 47.7. The SMILES string of the molecule is C.C.C.C#CCCC.C#CCC[18F].C#Cc1ccccc1.C[N+](C)(C)c1ccc(C=O)cc1.Cc1cccc(C)c1-c1cc(CC[18F])on1.O=Cc1ccc([18F])cc1.O=S(=O)([O-])C(F)(F)F.[18F]c1ccc(-c2cc(-c3ccccc3)on2)cc1.[Cu].[Cu].[O-][N+]#Cc1ccc([18F])cc1.[O-][N+]#Cc1ccccc1. The van der Waals surface area contributed by atoms with Crippen molar-refractivity contribution in [2.45, 2.75) is 74.2 Å². The molecule has 0 amide bonds. The number of aryl methyl sites for hydroxylation is 3. The minimum Gasteiger partial charge on any atom is -0.741 e. The fraction of sp³-hybridized carbons (Fsp3) is 0.200. The van der Waals surface area contributed by atoms with E-state index in [4.69, 9.17) is 34.9 Å². The summed E-state index contributed by atoms with van der Waals surface area (Å²) in [6.07, 6.45) is 18.7. The van der Waals surface area contributed by atoms with Gasteiger partial charge in [-0.1, -0.05) is 130 Å². The Morgan fingerprint density at radius 3 is 1.29 bits per heavy atom. The number of aldehydes is 2. The van der Waals surface area contributed by atoms with Gasteiger partial charge in [-0.15, -0.1) is 31.1 Å². The molecule has 0 fully saturated rings. The van der Waals surface area contributed by atoms with E-state index in [1.165, 1.54) is 66.4 Å². The Kier molecular flexibility index (Phi) is 57.4. The zero-order chi connectivity index (χ0) is 74.8. The number of carbonyl (C=O) groups is 2. The van der Waals surface area contributed by atoms with Gasteiger partial charge in [-0.05, 0) is 153 Å². The summed E-state index contributed by atoms with van der Waals surface area (Å²) in [5, 5.41) is 32.1. The molecule has 0 spiro atoms. The molecule has 14 nitrogen and oxygen atoms in total. The van der Waals surface area contributed by atoms with Crippen LogP contribution in [0.5, 0.6) is 0 Å². The number of unbranched alkanes of at least 4 members (excludes halogenated alkanes) is 1. The van der Waals surface area contributed by atoms with Crippen LogP contribution in [0.15, 0.2) is 227 Å². The Labute approximate surface area is 633 Å². The number of alkyl halides is 5. The van der Waals surface area contributed by atoms with E-state index in [0.29, 0.717) is 40.2 Å². The molecule has 0 saturated carbocycles. The summed E-state index contributed by atoms with van der Waals surface area (Å²) in [5.74, 6) is 7.57. The Morgan fingerprint density at radius 1 is 0.533 bits per heavy atom. The van der Waals surface area contributed by atoms with Crippen LogP contribution in [0, 0.1) is 90.9 Å². The van der Waals surface area contributed by atoms with Crippen molar-refractivity contribution in [2.75, 3.05) is 34.5 Å². The summed E-state index contributed by atoms with van der Waals surface area (Å²) >= 11 is 0. The molecule has 0 aliphatic heterocycles. The van der Waals surface area contributed by atoms with Gasteiger partial charge in [-0.25, -0.2) is 21.6 Å². The average molecular weight is 1560 g/mol. The molecule has 0 saturated heterocycles. The molecule has 0 aliphatic carbocycles. The minimum atomic E-state index is -6.09. The van der Waals surface area contributed by atoms with Crippen LogP contribution < -0.4 is 4.48 Å². The zero-order valence-electron chi connectivity index (χ0n) is 55.9. The number of rotatable bonds is 10. The fourth-order valence-corrected chi connectivity index (χ4v) is 7.05. The summed E-state index contributed by atoms with van der Waals surface area (Å²) in [6, 6.07) is 67.1. The van der Waals surface area contributed by atoms with Crippen molar-refractivity contribution in [2.24, 2.45) is 0 Å². The Bertz CT molecular complexity index is 4300. The third-order valence-electron chi connectivity index (χ3n) is 12.0. The van der Waals surface area contributed by atoms with Crippen LogP contribution in [0.3, 0.4) is 0 Å². The van der Waals surface area contributed by atoms with Gasteiger partial charge < -0.3 is 24.0 Å². The number of aromatic nitrogens is 2. The average Bonchev–Trinajstić information content (AvgIpc) is 1.77.